The third-order valence-corrected chi connectivity index (χ3v) is 6.76. The van der Waals surface area contributed by atoms with Crippen LogP contribution < -0.4 is 10.1 Å². The van der Waals surface area contributed by atoms with Crippen LogP contribution >= 0.6 is 23.2 Å². The summed E-state index contributed by atoms with van der Waals surface area (Å²) in [5.74, 6) is 1.93. The normalized spacial score (nSPS) is 19.1. The summed E-state index contributed by atoms with van der Waals surface area (Å²) in [6.45, 7) is 6.69. The van der Waals surface area contributed by atoms with E-state index in [1.807, 2.05) is 37.3 Å². The van der Waals surface area contributed by atoms with Crippen molar-refractivity contribution in [3.05, 3.63) is 69.3 Å². The minimum Gasteiger partial charge on any atom is -0.494 e. The van der Waals surface area contributed by atoms with Crippen LogP contribution in [0.1, 0.15) is 45.2 Å². The van der Waals surface area contributed by atoms with Crippen LogP contribution in [-0.2, 0) is 4.79 Å². The summed E-state index contributed by atoms with van der Waals surface area (Å²) in [7, 11) is 0. The van der Waals surface area contributed by atoms with Crippen molar-refractivity contribution in [1.82, 2.24) is 14.8 Å². The lowest BCUT2D eigenvalue weighted by Crippen LogP contribution is -2.36. The number of ether oxygens (including phenoxy) is 1. The first-order chi connectivity index (χ1) is 15.8. The van der Waals surface area contributed by atoms with Crippen molar-refractivity contribution in [1.29, 1.82) is 0 Å². The molecule has 5 rings (SSSR count). The highest BCUT2D eigenvalue weighted by Crippen LogP contribution is 2.47. The number of hydrogen-bond acceptors (Lipinski definition) is 5. The van der Waals surface area contributed by atoms with E-state index in [-0.39, 0.29) is 11.2 Å². The lowest BCUT2D eigenvalue weighted by atomic mass is 9.73. The van der Waals surface area contributed by atoms with Gasteiger partial charge in [0, 0.05) is 28.8 Å². The lowest BCUT2D eigenvalue weighted by Gasteiger charge is -2.38. The first-order valence-electron chi connectivity index (χ1n) is 10.9. The van der Waals surface area contributed by atoms with E-state index < -0.39 is 6.04 Å². The Kier molecular flexibility index (Phi) is 5.46. The third-order valence-electron chi connectivity index (χ3n) is 6.02. The fraction of sp³-hybridized carbons (Fsp3) is 0.320. The number of hydrogen-bond donors (Lipinski definition) is 1. The molecule has 0 saturated carbocycles. The number of anilines is 1. The van der Waals surface area contributed by atoms with Crippen molar-refractivity contribution in [2.75, 3.05) is 11.9 Å². The van der Waals surface area contributed by atoms with Crippen molar-refractivity contribution < 1.29 is 9.53 Å². The van der Waals surface area contributed by atoms with Gasteiger partial charge in [-0.15, -0.1) is 5.10 Å². The molecule has 6 nitrogen and oxygen atoms in total. The molecule has 1 aliphatic heterocycles. The number of carbonyl (C=O) groups is 1. The van der Waals surface area contributed by atoms with Crippen LogP contribution in [0, 0.1) is 5.41 Å². The Bertz CT molecular complexity index is 1300. The lowest BCUT2D eigenvalue weighted by molar-refractivity contribution is -0.118. The van der Waals surface area contributed by atoms with Gasteiger partial charge in [0.1, 0.15) is 11.8 Å². The van der Waals surface area contributed by atoms with Gasteiger partial charge in [-0.1, -0.05) is 55.2 Å². The fourth-order valence-corrected chi connectivity index (χ4v) is 4.95. The summed E-state index contributed by atoms with van der Waals surface area (Å²) in [6.07, 6.45) is 1.22. The summed E-state index contributed by atoms with van der Waals surface area (Å²) in [4.78, 5) is 18.2. The molecule has 3 aromatic rings. The molecule has 0 amide bonds. The fourth-order valence-electron chi connectivity index (χ4n) is 4.65. The number of fused-ring (bicyclic) bond motifs is 1. The Morgan fingerprint density at radius 1 is 1.15 bits per heavy atom. The van der Waals surface area contributed by atoms with E-state index in [9.17, 15) is 4.79 Å². The molecule has 0 saturated heterocycles. The molecule has 0 spiro atoms. The quantitative estimate of drug-likeness (QED) is 0.471. The molecule has 0 bridgehead atoms. The highest BCUT2D eigenvalue weighted by atomic mass is 35.5. The molecule has 1 aromatic heterocycles. The molecule has 170 valence electrons. The number of benzene rings is 2. The van der Waals surface area contributed by atoms with Gasteiger partial charge in [0.2, 0.25) is 5.95 Å². The van der Waals surface area contributed by atoms with Gasteiger partial charge in [0.15, 0.2) is 11.6 Å². The Labute approximate surface area is 202 Å². The third kappa shape index (κ3) is 3.91. The monoisotopic (exact) mass is 482 g/mol. The zero-order valence-electron chi connectivity index (χ0n) is 18.7. The van der Waals surface area contributed by atoms with E-state index in [0.717, 1.165) is 34.6 Å². The van der Waals surface area contributed by atoms with Gasteiger partial charge in [0.05, 0.1) is 16.7 Å². The van der Waals surface area contributed by atoms with Gasteiger partial charge in [0.25, 0.3) is 0 Å². The second kappa shape index (κ2) is 8.19. The number of nitrogens with zero attached hydrogens (tertiary/aromatic N) is 3. The molecule has 2 aliphatic rings. The molecule has 8 heteroatoms. The molecule has 1 N–H and O–H groups in total. The molecule has 0 fully saturated rings. The predicted octanol–water partition coefficient (Wildman–Crippen LogP) is 6.31. The molecule has 1 aliphatic carbocycles. The van der Waals surface area contributed by atoms with Crippen molar-refractivity contribution in [3.63, 3.8) is 0 Å². The zero-order valence-corrected chi connectivity index (χ0v) is 20.2. The number of aromatic nitrogens is 3. The maximum atomic E-state index is 13.4. The summed E-state index contributed by atoms with van der Waals surface area (Å²) >= 11 is 12.3. The number of allylic oxidation sites excluding steroid dienone is 2. The van der Waals surface area contributed by atoms with Gasteiger partial charge >= 0.3 is 0 Å². The Hall–Kier alpha value is -2.83. The van der Waals surface area contributed by atoms with E-state index in [1.54, 1.807) is 16.8 Å². The van der Waals surface area contributed by atoms with Gasteiger partial charge in [-0.05, 0) is 43.0 Å². The number of Topliss-reactive ketones (excluding diaryl/α,β-unsaturated/α-hetero) is 1. The summed E-state index contributed by atoms with van der Waals surface area (Å²) in [5.41, 5.74) is 3.11. The van der Waals surface area contributed by atoms with Gasteiger partial charge in [-0.2, -0.15) is 4.98 Å². The molecular weight excluding hydrogens is 459 g/mol. The van der Waals surface area contributed by atoms with Crippen LogP contribution in [0.25, 0.3) is 11.4 Å². The van der Waals surface area contributed by atoms with Crippen LogP contribution in [-0.4, -0.2) is 27.2 Å². The first-order valence-corrected chi connectivity index (χ1v) is 11.7. The van der Waals surface area contributed by atoms with E-state index >= 15 is 0 Å². The number of rotatable bonds is 4. The zero-order chi connectivity index (χ0) is 23.3. The van der Waals surface area contributed by atoms with Gasteiger partial charge in [-0.3, -0.25) is 4.79 Å². The molecule has 1 unspecified atom stereocenters. The number of halogens is 2. The topological polar surface area (TPSA) is 69.0 Å². The van der Waals surface area contributed by atoms with Crippen LogP contribution in [0.15, 0.2) is 53.7 Å². The van der Waals surface area contributed by atoms with Crippen molar-refractivity contribution in [2.45, 2.75) is 39.7 Å². The minimum absolute atomic E-state index is 0.113. The number of carbonyl (C=O) groups excluding carboxylic acids is 1. The van der Waals surface area contributed by atoms with Gasteiger partial charge in [-0.25, -0.2) is 4.68 Å². The van der Waals surface area contributed by atoms with E-state index in [0.29, 0.717) is 34.8 Å². The molecule has 2 heterocycles. The van der Waals surface area contributed by atoms with Crippen LogP contribution in [0.5, 0.6) is 5.75 Å². The molecule has 33 heavy (non-hydrogen) atoms. The van der Waals surface area contributed by atoms with Crippen LogP contribution in [0.4, 0.5) is 5.95 Å². The second-order valence-electron chi connectivity index (χ2n) is 9.16. The SMILES string of the molecule is CCOc1ccccc1C1C2=C(CC(C)(C)CC2=O)Nc2nc(-c3ccc(Cl)c(Cl)c3)nn21. The number of ketones is 1. The molecular formula is C25H24Cl2N4O2. The summed E-state index contributed by atoms with van der Waals surface area (Å²) in [6, 6.07) is 12.7. The minimum atomic E-state index is -0.438. The highest BCUT2D eigenvalue weighted by molar-refractivity contribution is 6.42. The largest absolute Gasteiger partial charge is 0.494 e. The van der Waals surface area contributed by atoms with Crippen LogP contribution in [0.2, 0.25) is 10.0 Å². The standard InChI is InChI=1S/C25H24Cl2N4O2/c1-4-33-20-8-6-5-7-15(20)22-21-18(12-25(2,3)13-19(21)32)28-24-29-23(30-31(22)24)14-9-10-16(26)17(27)11-14/h5-11,22H,4,12-13H2,1-3H3,(H,28,29,30). The average Bonchev–Trinajstić information content (AvgIpc) is 3.18. The molecule has 1 atom stereocenters. The maximum Gasteiger partial charge on any atom is 0.226 e. The Balaban J connectivity index is 1.70. The van der Waals surface area contributed by atoms with Crippen molar-refractivity contribution in [3.8, 4) is 17.1 Å². The number of para-hydroxylation sites is 1. The smallest absolute Gasteiger partial charge is 0.226 e. The first kappa shape index (κ1) is 22.0. The summed E-state index contributed by atoms with van der Waals surface area (Å²) < 4.78 is 7.72. The van der Waals surface area contributed by atoms with Crippen LogP contribution in [0.3, 0.4) is 0 Å². The van der Waals surface area contributed by atoms with E-state index in [2.05, 4.69) is 19.2 Å². The summed E-state index contributed by atoms with van der Waals surface area (Å²) in [5, 5.41) is 9.11. The van der Waals surface area contributed by atoms with Crippen molar-refractivity contribution in [2.24, 2.45) is 5.41 Å². The maximum absolute atomic E-state index is 13.4. The second-order valence-corrected chi connectivity index (χ2v) is 9.98. The van der Waals surface area contributed by atoms with E-state index in [1.165, 1.54) is 0 Å². The molecule has 0 radical (unpaired) electrons. The Morgan fingerprint density at radius 2 is 1.94 bits per heavy atom. The van der Waals surface area contributed by atoms with Crippen molar-refractivity contribution >= 4 is 34.9 Å². The predicted molar refractivity (Wildman–Crippen MR) is 130 cm³/mol. The van der Waals surface area contributed by atoms with Gasteiger partial charge < -0.3 is 10.1 Å². The average molecular weight is 483 g/mol. The van der Waals surface area contributed by atoms with E-state index in [4.69, 9.17) is 38.0 Å². The Morgan fingerprint density at radius 3 is 2.70 bits per heavy atom. The highest BCUT2D eigenvalue weighted by Gasteiger charge is 2.42. The number of nitrogens with one attached hydrogen (secondary N) is 1. The molecule has 2 aromatic carbocycles.